The molecule has 2 saturated heterocycles. The molecule has 0 radical (unpaired) electrons. The van der Waals surface area contributed by atoms with E-state index < -0.39 is 17.8 Å². The number of nitrogens with one attached hydrogen (secondary N) is 1. The molecular weight excluding hydrogens is 435 g/mol. The number of aromatic hydroxyl groups is 1. The lowest BCUT2D eigenvalue weighted by atomic mass is 9.85. The topological polar surface area (TPSA) is 115 Å². The van der Waals surface area contributed by atoms with Gasteiger partial charge in [0.15, 0.2) is 17.0 Å². The first-order valence-corrected chi connectivity index (χ1v) is 11.1. The van der Waals surface area contributed by atoms with Crippen LogP contribution >= 0.6 is 11.3 Å². The number of aromatic nitrogens is 5. The molecule has 5 rings (SSSR count). The van der Waals surface area contributed by atoms with E-state index >= 15 is 4.39 Å². The summed E-state index contributed by atoms with van der Waals surface area (Å²) in [7, 11) is 1.47. The lowest BCUT2D eigenvalue weighted by Crippen LogP contribution is -2.63. The second-order valence-electron chi connectivity index (χ2n) is 8.77. The fourth-order valence-corrected chi connectivity index (χ4v) is 5.42. The number of nitrogens with zero attached hydrogens (tertiary/aromatic N) is 5. The molecule has 2 fully saturated rings. The van der Waals surface area contributed by atoms with Crippen molar-refractivity contribution in [2.24, 2.45) is 0 Å². The van der Waals surface area contributed by atoms with E-state index in [0.717, 1.165) is 12.8 Å². The average molecular weight is 459 g/mol. The van der Waals surface area contributed by atoms with E-state index in [9.17, 15) is 5.11 Å². The molecule has 0 aliphatic carbocycles. The van der Waals surface area contributed by atoms with Gasteiger partial charge in [-0.15, -0.1) is 5.10 Å². The second kappa shape index (κ2) is 7.59. The van der Waals surface area contributed by atoms with Crippen LogP contribution in [0.2, 0.25) is 0 Å². The third kappa shape index (κ3) is 3.65. The first kappa shape index (κ1) is 21.0. The highest BCUT2D eigenvalue weighted by Crippen LogP contribution is 2.45. The highest BCUT2D eigenvalue weighted by Gasteiger charge is 2.56. The van der Waals surface area contributed by atoms with E-state index in [-0.39, 0.29) is 22.5 Å². The van der Waals surface area contributed by atoms with Crippen LogP contribution in [0.5, 0.6) is 17.0 Å². The molecule has 0 amide bonds. The van der Waals surface area contributed by atoms with Crippen LogP contribution in [0.1, 0.15) is 33.1 Å². The predicted molar refractivity (Wildman–Crippen MR) is 115 cm³/mol. The summed E-state index contributed by atoms with van der Waals surface area (Å²) in [6, 6.07) is 5.19. The lowest BCUT2D eigenvalue weighted by Gasteiger charge is -2.43. The SMILES string of the molecule is COc1ncnc(-c2ccc(-c3nnc(O[C@H]4C[C@]5(C)CC[C@@](C)(N5)[C@H]4F)s3)c(O)c2)n1. The zero-order chi connectivity index (χ0) is 22.5. The Hall–Kier alpha value is -2.92. The highest BCUT2D eigenvalue weighted by atomic mass is 32.1. The van der Waals surface area contributed by atoms with E-state index in [1.165, 1.54) is 30.8 Å². The Labute approximate surface area is 188 Å². The fourth-order valence-electron chi connectivity index (χ4n) is 4.64. The quantitative estimate of drug-likeness (QED) is 0.595. The van der Waals surface area contributed by atoms with Gasteiger partial charge in [-0.25, -0.2) is 9.37 Å². The minimum absolute atomic E-state index is 0.00659. The highest BCUT2D eigenvalue weighted by molar-refractivity contribution is 7.16. The molecule has 2 aliphatic rings. The molecule has 0 spiro atoms. The number of halogens is 1. The van der Waals surface area contributed by atoms with Crippen LogP contribution in [0.15, 0.2) is 24.5 Å². The summed E-state index contributed by atoms with van der Waals surface area (Å²) >= 11 is 1.17. The number of hydrogen-bond donors (Lipinski definition) is 2. The van der Waals surface area contributed by atoms with Gasteiger partial charge in [-0.2, -0.15) is 9.97 Å². The third-order valence-electron chi connectivity index (χ3n) is 6.25. The summed E-state index contributed by atoms with van der Waals surface area (Å²) in [4.78, 5) is 12.2. The number of benzene rings is 1. The third-order valence-corrected chi connectivity index (χ3v) is 7.09. The predicted octanol–water partition coefficient (Wildman–Crippen LogP) is 3.16. The Kier molecular flexibility index (Phi) is 4.97. The maximum Gasteiger partial charge on any atom is 0.319 e. The first-order valence-electron chi connectivity index (χ1n) is 10.3. The molecular formula is C21H23FN6O3S. The van der Waals surface area contributed by atoms with E-state index in [1.807, 2.05) is 6.92 Å². The lowest BCUT2D eigenvalue weighted by molar-refractivity contribution is -0.00735. The number of fused-ring (bicyclic) bond motifs is 2. The van der Waals surface area contributed by atoms with E-state index in [2.05, 4.69) is 37.4 Å². The molecule has 1 aromatic carbocycles. The first-order chi connectivity index (χ1) is 15.3. The van der Waals surface area contributed by atoms with Crippen LogP contribution in [0.3, 0.4) is 0 Å². The van der Waals surface area contributed by atoms with Crippen LogP contribution in [0, 0.1) is 0 Å². The Bertz CT molecular complexity index is 1160. The summed E-state index contributed by atoms with van der Waals surface area (Å²) in [6.07, 6.45) is 1.86. The molecule has 0 unspecified atom stereocenters. The molecule has 3 aromatic rings. The Morgan fingerprint density at radius 2 is 2.06 bits per heavy atom. The summed E-state index contributed by atoms with van der Waals surface area (Å²) in [5, 5.41) is 23.0. The normalized spacial score (nSPS) is 29.1. The average Bonchev–Trinajstić information content (AvgIpc) is 3.35. The molecule has 2 bridgehead atoms. The summed E-state index contributed by atoms with van der Waals surface area (Å²) < 4.78 is 26.1. The van der Waals surface area contributed by atoms with Crippen molar-refractivity contribution in [1.29, 1.82) is 0 Å². The van der Waals surface area contributed by atoms with Gasteiger partial charge in [-0.1, -0.05) is 22.5 Å². The maximum absolute atomic E-state index is 15.1. The Balaban J connectivity index is 1.36. The molecule has 4 atom stereocenters. The molecule has 2 N–H and O–H groups in total. The molecule has 32 heavy (non-hydrogen) atoms. The van der Waals surface area contributed by atoms with E-state index in [1.54, 1.807) is 12.1 Å². The number of phenolic OH excluding ortho intramolecular Hbond substituents is 1. The van der Waals surface area contributed by atoms with Crippen molar-refractivity contribution in [2.75, 3.05) is 7.11 Å². The minimum atomic E-state index is -1.14. The van der Waals surface area contributed by atoms with Crippen LogP contribution in [-0.4, -0.2) is 60.7 Å². The van der Waals surface area contributed by atoms with Crippen molar-refractivity contribution in [2.45, 2.75) is 56.5 Å². The van der Waals surface area contributed by atoms with Gasteiger partial charge >= 0.3 is 6.01 Å². The zero-order valence-electron chi connectivity index (χ0n) is 17.9. The Morgan fingerprint density at radius 1 is 1.22 bits per heavy atom. The van der Waals surface area contributed by atoms with Gasteiger partial charge in [0.05, 0.1) is 18.2 Å². The zero-order valence-corrected chi connectivity index (χ0v) is 18.7. The van der Waals surface area contributed by atoms with Crippen molar-refractivity contribution < 1.29 is 19.0 Å². The summed E-state index contributed by atoms with van der Waals surface area (Å²) in [5.41, 5.74) is 0.362. The molecule has 4 heterocycles. The largest absolute Gasteiger partial charge is 0.507 e. The van der Waals surface area contributed by atoms with Crippen molar-refractivity contribution in [3.63, 3.8) is 0 Å². The van der Waals surface area contributed by atoms with Gasteiger partial charge in [-0.05, 0) is 38.8 Å². The summed E-state index contributed by atoms with van der Waals surface area (Å²) in [5.74, 6) is 0.365. The van der Waals surface area contributed by atoms with E-state index in [0.29, 0.717) is 28.4 Å². The van der Waals surface area contributed by atoms with Gasteiger partial charge in [0, 0.05) is 17.5 Å². The maximum atomic E-state index is 15.1. The van der Waals surface area contributed by atoms with Crippen LogP contribution < -0.4 is 14.8 Å². The Morgan fingerprint density at radius 3 is 2.84 bits per heavy atom. The van der Waals surface area contributed by atoms with Gasteiger partial charge in [0.2, 0.25) is 0 Å². The molecule has 0 saturated carbocycles. The van der Waals surface area contributed by atoms with Gasteiger partial charge in [0.25, 0.3) is 5.19 Å². The molecule has 11 heteroatoms. The fraction of sp³-hybridized carbons (Fsp3) is 0.476. The minimum Gasteiger partial charge on any atom is -0.507 e. The van der Waals surface area contributed by atoms with Crippen molar-refractivity contribution >= 4 is 11.3 Å². The summed E-state index contributed by atoms with van der Waals surface area (Å²) in [6.45, 7) is 4.01. The number of alkyl halides is 1. The van der Waals surface area contributed by atoms with Crippen molar-refractivity contribution in [3.05, 3.63) is 24.5 Å². The molecule has 168 valence electrons. The molecule has 2 aliphatic heterocycles. The van der Waals surface area contributed by atoms with Gasteiger partial charge in [0.1, 0.15) is 18.2 Å². The monoisotopic (exact) mass is 458 g/mol. The number of ether oxygens (including phenoxy) is 2. The number of rotatable bonds is 5. The number of phenols is 1. The second-order valence-corrected chi connectivity index (χ2v) is 9.71. The van der Waals surface area contributed by atoms with E-state index in [4.69, 9.17) is 9.47 Å². The smallest absolute Gasteiger partial charge is 0.319 e. The molecule has 9 nitrogen and oxygen atoms in total. The van der Waals surface area contributed by atoms with Crippen molar-refractivity contribution in [3.8, 4) is 38.9 Å². The van der Waals surface area contributed by atoms with Crippen LogP contribution in [-0.2, 0) is 0 Å². The van der Waals surface area contributed by atoms with Crippen molar-refractivity contribution in [1.82, 2.24) is 30.5 Å². The van der Waals surface area contributed by atoms with Crippen LogP contribution in [0.25, 0.3) is 22.0 Å². The number of methoxy groups -OCH3 is 1. The van der Waals surface area contributed by atoms with Gasteiger partial charge < -0.3 is 19.9 Å². The van der Waals surface area contributed by atoms with Gasteiger partial charge in [-0.3, -0.25) is 0 Å². The molecule has 2 aromatic heterocycles. The number of piperidine rings is 1. The standard InChI is InChI=1S/C21H23FN6O3S/c1-20-6-7-21(2,28-20)15(22)14(9-20)31-19-27-26-17(32-19)12-5-4-11(8-13(12)29)16-23-10-24-18(25-16)30-3/h4-5,8,10,14-15,28-29H,6-7,9H2,1-3H3/t14-,15-,20-,21+/m0/s1. The van der Waals surface area contributed by atoms with Crippen LogP contribution in [0.4, 0.5) is 4.39 Å². The number of hydrogen-bond acceptors (Lipinski definition) is 10.